The second-order valence-electron chi connectivity index (χ2n) is 7.34. The van der Waals surface area contributed by atoms with Crippen molar-refractivity contribution < 1.29 is 14.3 Å². The number of nitrogens with one attached hydrogen (secondary N) is 1. The molecule has 2 heterocycles. The second-order valence-corrected chi connectivity index (χ2v) is 7.34. The number of amides is 2. The van der Waals surface area contributed by atoms with Gasteiger partial charge in [0.1, 0.15) is 0 Å². The molecular weight excluding hydrogens is 306 g/mol. The van der Waals surface area contributed by atoms with Crippen LogP contribution in [0.2, 0.25) is 0 Å². The first kappa shape index (κ1) is 17.7. The molecule has 136 valence electrons. The zero-order chi connectivity index (χ0) is 16.8. The van der Waals surface area contributed by atoms with Gasteiger partial charge in [0.2, 0.25) is 11.8 Å². The van der Waals surface area contributed by atoms with Crippen molar-refractivity contribution in [3.05, 3.63) is 0 Å². The van der Waals surface area contributed by atoms with E-state index in [0.717, 1.165) is 38.6 Å². The minimum atomic E-state index is -0.0507. The topological polar surface area (TPSA) is 61.9 Å². The zero-order valence-electron chi connectivity index (χ0n) is 14.7. The number of carbonyl (C=O) groups excluding carboxylic acids is 2. The predicted octanol–water partition coefficient (Wildman–Crippen LogP) is 1.15. The smallest absolute Gasteiger partial charge is 0.239 e. The molecule has 0 aromatic carbocycles. The molecule has 0 bridgehead atoms. The van der Waals surface area contributed by atoms with E-state index in [-0.39, 0.29) is 24.5 Å². The van der Waals surface area contributed by atoms with Crippen LogP contribution < -0.4 is 5.32 Å². The number of rotatable bonds is 6. The summed E-state index contributed by atoms with van der Waals surface area (Å²) >= 11 is 0. The van der Waals surface area contributed by atoms with Crippen LogP contribution >= 0.6 is 0 Å². The van der Waals surface area contributed by atoms with Crippen LogP contribution in [0, 0.1) is 0 Å². The van der Waals surface area contributed by atoms with Crippen molar-refractivity contribution in [1.82, 2.24) is 15.1 Å². The Labute approximate surface area is 144 Å². The van der Waals surface area contributed by atoms with Gasteiger partial charge in [-0.25, -0.2) is 0 Å². The van der Waals surface area contributed by atoms with E-state index in [0.29, 0.717) is 19.5 Å². The van der Waals surface area contributed by atoms with Crippen LogP contribution in [0.5, 0.6) is 0 Å². The summed E-state index contributed by atoms with van der Waals surface area (Å²) in [5.74, 6) is 0.0501. The van der Waals surface area contributed by atoms with Crippen molar-refractivity contribution in [2.45, 2.75) is 63.5 Å². The van der Waals surface area contributed by atoms with Crippen LogP contribution in [-0.2, 0) is 14.3 Å². The molecule has 2 aliphatic heterocycles. The van der Waals surface area contributed by atoms with Crippen molar-refractivity contribution in [3.63, 3.8) is 0 Å². The average molecular weight is 337 g/mol. The Bertz CT molecular complexity index is 437. The number of hydrogen-bond donors (Lipinski definition) is 1. The molecular formula is C18H31N3O3. The molecule has 1 aliphatic carbocycles. The summed E-state index contributed by atoms with van der Waals surface area (Å²) in [5.41, 5.74) is 0. The number of carbonyl (C=O) groups is 2. The fourth-order valence-corrected chi connectivity index (χ4v) is 4.17. The Hall–Kier alpha value is -1.14. The van der Waals surface area contributed by atoms with Gasteiger partial charge in [0.25, 0.3) is 0 Å². The number of hydrogen-bond acceptors (Lipinski definition) is 4. The van der Waals surface area contributed by atoms with Crippen molar-refractivity contribution in [3.8, 4) is 0 Å². The fraction of sp³-hybridized carbons (Fsp3) is 0.889. The summed E-state index contributed by atoms with van der Waals surface area (Å²) in [6.07, 6.45) is 9.28. The average Bonchev–Trinajstić information content (AvgIpc) is 3.01. The molecule has 3 fully saturated rings. The molecule has 1 saturated carbocycles. The third kappa shape index (κ3) is 4.93. The largest absolute Gasteiger partial charge is 0.375 e. The Balaban J connectivity index is 1.33. The minimum absolute atomic E-state index is 0.0507. The molecule has 0 spiro atoms. The molecule has 1 N–H and O–H groups in total. The van der Waals surface area contributed by atoms with E-state index in [1.807, 2.05) is 0 Å². The van der Waals surface area contributed by atoms with E-state index in [4.69, 9.17) is 4.74 Å². The number of ether oxygens (including phenoxy) is 1. The van der Waals surface area contributed by atoms with E-state index in [1.165, 1.54) is 32.1 Å². The molecule has 0 unspecified atom stereocenters. The van der Waals surface area contributed by atoms with Crippen LogP contribution in [0.15, 0.2) is 0 Å². The third-order valence-electron chi connectivity index (χ3n) is 5.56. The van der Waals surface area contributed by atoms with Crippen LogP contribution in [-0.4, -0.2) is 73.1 Å². The molecule has 3 aliphatic rings. The molecule has 6 nitrogen and oxygen atoms in total. The van der Waals surface area contributed by atoms with Crippen molar-refractivity contribution >= 4 is 11.8 Å². The Morgan fingerprint density at radius 3 is 2.75 bits per heavy atom. The van der Waals surface area contributed by atoms with Gasteiger partial charge in [-0.1, -0.05) is 19.3 Å². The molecule has 0 radical (unpaired) electrons. The molecule has 3 rings (SSSR count). The van der Waals surface area contributed by atoms with E-state index in [9.17, 15) is 9.59 Å². The highest BCUT2D eigenvalue weighted by atomic mass is 16.5. The van der Waals surface area contributed by atoms with Gasteiger partial charge in [-0.15, -0.1) is 0 Å². The number of morpholine rings is 1. The maximum atomic E-state index is 11.9. The van der Waals surface area contributed by atoms with E-state index in [2.05, 4.69) is 10.2 Å². The fourth-order valence-electron chi connectivity index (χ4n) is 4.17. The Morgan fingerprint density at radius 2 is 2.00 bits per heavy atom. The zero-order valence-corrected chi connectivity index (χ0v) is 14.7. The van der Waals surface area contributed by atoms with Crippen LogP contribution in [0.1, 0.15) is 51.4 Å². The first-order valence-electron chi connectivity index (χ1n) is 9.62. The summed E-state index contributed by atoms with van der Waals surface area (Å²) in [4.78, 5) is 27.7. The summed E-state index contributed by atoms with van der Waals surface area (Å²) in [5, 5.41) is 2.94. The molecule has 24 heavy (non-hydrogen) atoms. The van der Waals surface area contributed by atoms with Gasteiger partial charge in [-0.3, -0.25) is 14.5 Å². The van der Waals surface area contributed by atoms with Crippen LogP contribution in [0.4, 0.5) is 0 Å². The van der Waals surface area contributed by atoms with E-state index < -0.39 is 0 Å². The van der Waals surface area contributed by atoms with E-state index >= 15 is 0 Å². The lowest BCUT2D eigenvalue weighted by Gasteiger charge is -2.40. The standard InChI is InChI=1S/C18H31N3O3/c22-17(14-21-10-4-7-18(21)23)19-9-8-16-13-20(11-12-24-16)15-5-2-1-3-6-15/h15-16H,1-14H2,(H,19,22)/t16-/m1/s1. The summed E-state index contributed by atoms with van der Waals surface area (Å²) in [7, 11) is 0. The first-order valence-corrected chi connectivity index (χ1v) is 9.62. The summed E-state index contributed by atoms with van der Waals surface area (Å²) in [6.45, 7) is 4.39. The molecule has 2 saturated heterocycles. The lowest BCUT2D eigenvalue weighted by Crippen LogP contribution is -2.49. The van der Waals surface area contributed by atoms with Gasteiger partial charge in [0, 0.05) is 38.6 Å². The molecule has 0 aromatic heterocycles. The highest BCUT2D eigenvalue weighted by molar-refractivity contribution is 5.85. The van der Waals surface area contributed by atoms with E-state index in [1.54, 1.807) is 4.90 Å². The SMILES string of the molecule is O=C(CN1CCCC1=O)NCC[C@@H]1CN(C2CCCCC2)CCO1. The highest BCUT2D eigenvalue weighted by Gasteiger charge is 2.27. The highest BCUT2D eigenvalue weighted by Crippen LogP contribution is 2.24. The monoisotopic (exact) mass is 337 g/mol. The number of likely N-dealkylation sites (tertiary alicyclic amines) is 1. The van der Waals surface area contributed by atoms with Gasteiger partial charge < -0.3 is 15.0 Å². The van der Waals surface area contributed by atoms with Crippen molar-refractivity contribution in [2.75, 3.05) is 39.3 Å². The van der Waals surface area contributed by atoms with Gasteiger partial charge in [0.15, 0.2) is 0 Å². The maximum Gasteiger partial charge on any atom is 0.239 e. The lowest BCUT2D eigenvalue weighted by atomic mass is 9.93. The summed E-state index contributed by atoms with van der Waals surface area (Å²) in [6, 6.07) is 0.737. The minimum Gasteiger partial charge on any atom is -0.375 e. The predicted molar refractivity (Wildman–Crippen MR) is 91.6 cm³/mol. The van der Waals surface area contributed by atoms with Gasteiger partial charge in [-0.05, 0) is 25.7 Å². The second kappa shape index (κ2) is 8.81. The molecule has 0 aromatic rings. The van der Waals surface area contributed by atoms with Gasteiger partial charge >= 0.3 is 0 Å². The quantitative estimate of drug-likeness (QED) is 0.790. The Morgan fingerprint density at radius 1 is 1.17 bits per heavy atom. The molecule has 1 atom stereocenters. The van der Waals surface area contributed by atoms with Crippen molar-refractivity contribution in [2.24, 2.45) is 0 Å². The Kier molecular flexibility index (Phi) is 6.49. The number of nitrogens with zero attached hydrogens (tertiary/aromatic N) is 2. The van der Waals surface area contributed by atoms with Gasteiger partial charge in [0.05, 0.1) is 19.3 Å². The van der Waals surface area contributed by atoms with Crippen LogP contribution in [0.3, 0.4) is 0 Å². The third-order valence-corrected chi connectivity index (χ3v) is 5.56. The maximum absolute atomic E-state index is 11.9. The molecule has 2 amide bonds. The first-order chi connectivity index (χ1) is 11.7. The van der Waals surface area contributed by atoms with Crippen LogP contribution in [0.25, 0.3) is 0 Å². The normalized spacial score (nSPS) is 26.8. The summed E-state index contributed by atoms with van der Waals surface area (Å²) < 4.78 is 5.87. The lowest BCUT2D eigenvalue weighted by molar-refractivity contribution is -0.133. The molecule has 6 heteroatoms. The van der Waals surface area contributed by atoms with Gasteiger partial charge in [-0.2, -0.15) is 0 Å². The van der Waals surface area contributed by atoms with Crippen molar-refractivity contribution in [1.29, 1.82) is 0 Å².